The Bertz CT molecular complexity index is 3320. The van der Waals surface area contributed by atoms with Crippen LogP contribution in [0.1, 0.15) is 156 Å². The zero-order valence-corrected chi connectivity index (χ0v) is 47.4. The predicted octanol–water partition coefficient (Wildman–Crippen LogP) is 9.20. The first-order valence-electron chi connectivity index (χ1n) is 28.8. The molecular weight excluding hydrogens is 1040 g/mol. The molecule has 79 heavy (non-hydrogen) atoms. The van der Waals surface area contributed by atoms with Crippen LogP contribution in [0.3, 0.4) is 0 Å². The van der Waals surface area contributed by atoms with Gasteiger partial charge in [-0.3, -0.25) is 28.6 Å². The van der Waals surface area contributed by atoms with Crippen LogP contribution < -0.4 is 10.9 Å². The van der Waals surface area contributed by atoms with E-state index >= 15 is 0 Å². The largest absolute Gasteiger partial charge is 0.481 e. The van der Waals surface area contributed by atoms with E-state index in [1.807, 2.05) is 80.7 Å². The van der Waals surface area contributed by atoms with E-state index in [-0.39, 0.29) is 41.7 Å². The maximum atomic E-state index is 14.9. The molecule has 0 unspecified atom stereocenters. The van der Waals surface area contributed by atoms with Crippen LogP contribution in [0.2, 0.25) is 5.02 Å². The molecule has 3 saturated heterocycles. The summed E-state index contributed by atoms with van der Waals surface area (Å²) in [5.74, 6) is 0.225. The van der Waals surface area contributed by atoms with Crippen molar-refractivity contribution in [1.82, 2.24) is 49.5 Å². The zero-order valence-electron chi connectivity index (χ0n) is 45.8. The summed E-state index contributed by atoms with van der Waals surface area (Å²) in [5, 5.41) is 34.2. The number of likely N-dealkylation sites (tertiary alicyclic amines) is 3. The van der Waals surface area contributed by atoms with Crippen LogP contribution in [-0.2, 0) is 19.8 Å². The highest BCUT2D eigenvalue weighted by Gasteiger charge is 2.48. The van der Waals surface area contributed by atoms with E-state index in [0.29, 0.717) is 41.9 Å². The Morgan fingerprint density at radius 3 is 2.35 bits per heavy atom. The minimum absolute atomic E-state index is 0.0200. The van der Waals surface area contributed by atoms with Crippen LogP contribution in [0.25, 0.3) is 27.0 Å². The Morgan fingerprint density at radius 2 is 1.66 bits per heavy atom. The lowest BCUT2D eigenvalue weighted by Gasteiger charge is -2.39. The third kappa shape index (κ3) is 10.2. The molecule has 18 heteroatoms. The fraction of sp³-hybridized carbons (Fsp3) is 0.541. The smallest absolute Gasteiger partial charge is 0.309 e. The van der Waals surface area contributed by atoms with Gasteiger partial charge in [0, 0.05) is 51.3 Å². The number of carboxylic acids is 1. The van der Waals surface area contributed by atoms with Gasteiger partial charge in [-0.1, -0.05) is 99.3 Å². The summed E-state index contributed by atoms with van der Waals surface area (Å²) in [6.07, 6.45) is 13.0. The monoisotopic (exact) mass is 1110 g/mol. The highest BCUT2D eigenvalue weighted by atomic mass is 35.5. The minimum Gasteiger partial charge on any atom is -0.481 e. The number of carboxylic acid groups (broad SMARTS) is 1. The van der Waals surface area contributed by atoms with E-state index < -0.39 is 41.5 Å². The number of aryl methyl sites for hydroxylation is 1. The van der Waals surface area contributed by atoms with Crippen LogP contribution in [0.4, 0.5) is 0 Å². The SMILES string of the molecule is Cc1ncsc1-c1ccc([C@H](CN2CC(C(=O)O)C2)NC(=O)[C@@H]2C[C@@H](O)CN2C(=O)[C@@H](n2cc(C3CCC(CN4CCC(c5ccc6c(c5)-n5c(nc(=O)c7c(Cl)cccc75)C65CCCCC5)CC4)CC3)nn2)C(C)(C)C)cc1. The maximum Gasteiger partial charge on any atom is 0.309 e. The van der Waals surface area contributed by atoms with Gasteiger partial charge in [-0.15, -0.1) is 16.4 Å². The van der Waals surface area contributed by atoms with Gasteiger partial charge in [0.1, 0.15) is 17.9 Å². The Morgan fingerprint density at radius 1 is 0.911 bits per heavy atom. The summed E-state index contributed by atoms with van der Waals surface area (Å²) in [4.78, 5) is 71.1. The molecule has 6 aromatic rings. The molecule has 416 valence electrons. The minimum atomic E-state index is -0.916. The Balaban J connectivity index is 0.676. The average molecular weight is 1110 g/mol. The van der Waals surface area contributed by atoms with E-state index in [1.54, 1.807) is 22.1 Å². The van der Waals surface area contributed by atoms with Gasteiger partial charge in [-0.05, 0) is 129 Å². The number of amides is 2. The second-order valence-electron chi connectivity index (χ2n) is 24.9. The molecule has 2 aliphatic carbocycles. The second kappa shape index (κ2) is 21.6. The number of hydrogen-bond acceptors (Lipinski definition) is 12. The van der Waals surface area contributed by atoms with Crippen molar-refractivity contribution in [3.63, 3.8) is 0 Å². The topological polar surface area (TPSA) is 192 Å². The number of aliphatic hydroxyl groups excluding tert-OH is 1. The van der Waals surface area contributed by atoms with Gasteiger partial charge < -0.3 is 25.3 Å². The van der Waals surface area contributed by atoms with Gasteiger partial charge >= 0.3 is 5.97 Å². The number of hydrogen-bond donors (Lipinski definition) is 3. The molecule has 6 aliphatic rings. The van der Waals surface area contributed by atoms with E-state index in [4.69, 9.17) is 21.7 Å². The number of rotatable bonds is 13. The fourth-order valence-electron chi connectivity index (χ4n) is 14.4. The third-order valence-electron chi connectivity index (χ3n) is 18.7. The Hall–Kier alpha value is -5.85. The van der Waals surface area contributed by atoms with Crippen LogP contribution in [0, 0.1) is 24.2 Å². The number of piperidine rings is 1. The van der Waals surface area contributed by atoms with E-state index in [1.165, 1.54) is 28.1 Å². The van der Waals surface area contributed by atoms with Crippen LogP contribution >= 0.6 is 22.9 Å². The molecule has 3 aromatic carbocycles. The number of aliphatic carboxylic acids is 1. The normalized spacial score (nSPS) is 23.6. The zero-order chi connectivity index (χ0) is 54.9. The molecule has 5 fully saturated rings. The molecule has 2 amide bonds. The number of nitrogens with zero attached hydrogens (tertiary/aromatic N) is 9. The summed E-state index contributed by atoms with van der Waals surface area (Å²) >= 11 is 8.23. The first kappa shape index (κ1) is 53.8. The third-order valence-corrected chi connectivity index (χ3v) is 20.0. The molecule has 0 radical (unpaired) electrons. The first-order chi connectivity index (χ1) is 38.0. The summed E-state index contributed by atoms with van der Waals surface area (Å²) < 4.78 is 3.95. The summed E-state index contributed by atoms with van der Waals surface area (Å²) in [6.45, 7) is 12.3. The van der Waals surface area contributed by atoms with Crippen LogP contribution in [0.15, 0.2) is 77.2 Å². The lowest BCUT2D eigenvalue weighted by atomic mass is 9.69. The first-order valence-corrected chi connectivity index (χ1v) is 30.0. The van der Waals surface area contributed by atoms with Crippen LogP contribution in [-0.4, -0.2) is 130 Å². The molecule has 1 spiro atoms. The summed E-state index contributed by atoms with van der Waals surface area (Å²) in [7, 11) is 0. The Kier molecular flexibility index (Phi) is 14.7. The lowest BCUT2D eigenvalue weighted by molar-refractivity contribution is -0.148. The van der Waals surface area contributed by atoms with Gasteiger partial charge in [-0.25, -0.2) is 9.67 Å². The molecule has 4 atom stereocenters. The van der Waals surface area contributed by atoms with E-state index in [2.05, 4.69) is 43.2 Å². The number of benzene rings is 3. The van der Waals surface area contributed by atoms with E-state index in [0.717, 1.165) is 123 Å². The van der Waals surface area contributed by atoms with Crippen LogP contribution in [0.5, 0.6) is 0 Å². The predicted molar refractivity (Wildman–Crippen MR) is 305 cm³/mol. The van der Waals surface area contributed by atoms with Crippen molar-refractivity contribution in [3.8, 4) is 16.1 Å². The van der Waals surface area contributed by atoms with Crippen molar-refractivity contribution in [2.75, 3.05) is 45.8 Å². The van der Waals surface area contributed by atoms with Crippen molar-refractivity contribution in [2.45, 2.75) is 146 Å². The van der Waals surface area contributed by atoms with E-state index in [9.17, 15) is 29.4 Å². The molecule has 0 bridgehead atoms. The highest BCUT2D eigenvalue weighted by molar-refractivity contribution is 7.13. The lowest BCUT2D eigenvalue weighted by Crippen LogP contribution is -2.55. The number of halogens is 1. The molecular formula is C61H73ClN10O6S. The number of carbonyl (C=O) groups is 3. The standard InChI is InChI=1S/C61H73ClN10O6S/c1-36-53(79-35-63-36)41-17-15-39(16-18-41)47(33-69-30-43(31-69)58(77)78)64-55(74)51-28-44(73)32-70(51)57(76)54(60(2,3)4)71-34-48(66-67-71)40-13-11-37(12-14-40)29-68-25-21-38(22-26-68)42-19-20-45-50(27-42)72-49-10-8-9-46(62)52(49)56(75)65-59(72)61(45)23-6-5-7-24-61/h8-10,15-20,27,34-35,37-38,40,43-44,47,51,54,73H,5-7,11-14,21-26,28-33H2,1-4H3,(H,64,74)(H,77,78)/t37?,40?,44-,47+,51+,54-/m1/s1. The van der Waals surface area contributed by atoms with Crippen molar-refractivity contribution in [2.24, 2.45) is 17.3 Å². The second-order valence-corrected chi connectivity index (χ2v) is 26.2. The molecule has 3 aromatic heterocycles. The fourth-order valence-corrected chi connectivity index (χ4v) is 15.5. The Labute approximate surface area is 470 Å². The number of β-amino-alcohol motifs (C(OH)–C–C–N with tert-alkyl or cyclic N) is 1. The molecule has 7 heterocycles. The van der Waals surface area contributed by atoms with Gasteiger partial charge in [0.05, 0.1) is 66.9 Å². The number of carbonyl (C=O) groups excluding carboxylic acids is 2. The molecule has 12 rings (SSSR count). The number of aliphatic hydroxyl groups is 1. The van der Waals surface area contributed by atoms with Gasteiger partial charge in [-0.2, -0.15) is 4.98 Å². The number of aromatic nitrogens is 6. The number of nitrogens with one attached hydrogen (secondary N) is 1. The summed E-state index contributed by atoms with van der Waals surface area (Å²) in [5.41, 5.74) is 9.13. The van der Waals surface area contributed by atoms with Gasteiger partial charge in [0.15, 0.2) is 0 Å². The summed E-state index contributed by atoms with van der Waals surface area (Å²) in [6, 6.07) is 18.7. The molecule has 4 aliphatic heterocycles. The van der Waals surface area contributed by atoms with Gasteiger partial charge in [0.25, 0.3) is 5.56 Å². The molecule has 16 nitrogen and oxygen atoms in total. The van der Waals surface area contributed by atoms with Crippen molar-refractivity contribution in [1.29, 1.82) is 0 Å². The molecule has 3 N–H and O–H groups in total. The highest BCUT2D eigenvalue weighted by Crippen LogP contribution is 2.52. The quantitative estimate of drug-likeness (QED) is 0.0995. The van der Waals surface area contributed by atoms with Crippen molar-refractivity contribution >= 4 is 51.6 Å². The van der Waals surface area contributed by atoms with Crippen molar-refractivity contribution in [3.05, 3.63) is 122 Å². The maximum absolute atomic E-state index is 14.9. The number of thiazole rings is 1. The number of fused-ring (bicyclic) bond motifs is 7. The molecule has 2 saturated carbocycles. The average Bonchev–Trinajstić information content (AvgIpc) is 3.28. The van der Waals surface area contributed by atoms with Gasteiger partial charge in [0.2, 0.25) is 11.8 Å². The van der Waals surface area contributed by atoms with Crippen molar-refractivity contribution < 1.29 is 24.6 Å².